The smallest absolute Gasteiger partial charge is 0.318 e. The fourth-order valence-corrected chi connectivity index (χ4v) is 2.07. The summed E-state index contributed by atoms with van der Waals surface area (Å²) in [5.41, 5.74) is 5.71. The number of carbonyl (C=O) groups excluding carboxylic acids is 2. The zero-order valence-corrected chi connectivity index (χ0v) is 13.4. The number of hydrogen-bond acceptors (Lipinski definition) is 5. The van der Waals surface area contributed by atoms with Crippen LogP contribution in [0.2, 0.25) is 0 Å². The van der Waals surface area contributed by atoms with Gasteiger partial charge in [0, 0.05) is 5.69 Å². The van der Waals surface area contributed by atoms with Crippen molar-refractivity contribution in [3.63, 3.8) is 0 Å². The number of aromatic nitrogens is 2. The molecule has 0 unspecified atom stereocenters. The van der Waals surface area contributed by atoms with E-state index in [4.69, 9.17) is 0 Å². The molecule has 0 fully saturated rings. The molecule has 1 heterocycles. The molecule has 2 aromatic carbocycles. The molecule has 7 nitrogen and oxygen atoms in total. The van der Waals surface area contributed by atoms with Crippen molar-refractivity contribution in [2.75, 3.05) is 5.32 Å². The third kappa shape index (κ3) is 4.23. The standard InChI is InChI=1S/C18H15N5O2/c1-12-6-8-13(9-7-12)22-17(24)18(25)23-20-11-14-10-19-15-4-2-3-5-16(15)21-14/h2-11H,1H3,(H,22,24)(H,23,25)/b20-11-. The highest BCUT2D eigenvalue weighted by atomic mass is 16.2. The third-order valence-corrected chi connectivity index (χ3v) is 3.35. The number of rotatable bonds is 3. The maximum absolute atomic E-state index is 11.8. The highest BCUT2D eigenvalue weighted by Crippen LogP contribution is 2.08. The Bertz CT molecular complexity index is 951. The number of carbonyl (C=O) groups is 2. The first-order valence-corrected chi connectivity index (χ1v) is 7.55. The van der Waals surface area contributed by atoms with Crippen molar-refractivity contribution in [3.05, 3.63) is 66.0 Å². The summed E-state index contributed by atoms with van der Waals surface area (Å²) in [5, 5.41) is 6.23. The van der Waals surface area contributed by atoms with Crippen LogP contribution in [0.4, 0.5) is 5.69 Å². The van der Waals surface area contributed by atoms with Gasteiger partial charge < -0.3 is 5.32 Å². The summed E-state index contributed by atoms with van der Waals surface area (Å²) < 4.78 is 0. The van der Waals surface area contributed by atoms with Crippen LogP contribution in [-0.4, -0.2) is 28.0 Å². The van der Waals surface area contributed by atoms with Gasteiger partial charge in [0.05, 0.1) is 23.4 Å². The minimum atomic E-state index is -0.870. The molecule has 0 spiro atoms. The van der Waals surface area contributed by atoms with Crippen LogP contribution in [0, 0.1) is 6.92 Å². The van der Waals surface area contributed by atoms with Gasteiger partial charge in [0.2, 0.25) is 0 Å². The van der Waals surface area contributed by atoms with Crippen LogP contribution in [0.1, 0.15) is 11.3 Å². The number of benzene rings is 2. The number of fused-ring (bicyclic) bond motifs is 1. The molecule has 0 atom stereocenters. The molecule has 7 heteroatoms. The monoisotopic (exact) mass is 333 g/mol. The Kier molecular flexibility index (Phi) is 4.75. The van der Waals surface area contributed by atoms with Gasteiger partial charge in [-0.15, -0.1) is 0 Å². The van der Waals surface area contributed by atoms with E-state index in [1.165, 1.54) is 12.4 Å². The van der Waals surface area contributed by atoms with Gasteiger partial charge in [-0.1, -0.05) is 29.8 Å². The van der Waals surface area contributed by atoms with E-state index in [-0.39, 0.29) is 0 Å². The number of anilines is 1. The Hall–Kier alpha value is -3.61. The summed E-state index contributed by atoms with van der Waals surface area (Å²) in [5.74, 6) is -1.67. The maximum Gasteiger partial charge on any atom is 0.329 e. The molecule has 0 aliphatic heterocycles. The second-order valence-corrected chi connectivity index (χ2v) is 5.30. The van der Waals surface area contributed by atoms with Crippen LogP contribution in [0.25, 0.3) is 11.0 Å². The normalized spacial score (nSPS) is 10.8. The number of amides is 2. The molecular formula is C18H15N5O2. The van der Waals surface area contributed by atoms with Crippen molar-refractivity contribution < 1.29 is 9.59 Å². The molecule has 3 rings (SSSR count). The van der Waals surface area contributed by atoms with Gasteiger partial charge in [-0.25, -0.2) is 10.4 Å². The first-order chi connectivity index (χ1) is 12.1. The molecule has 124 valence electrons. The van der Waals surface area contributed by atoms with Crippen LogP contribution in [-0.2, 0) is 9.59 Å². The van der Waals surface area contributed by atoms with E-state index in [0.29, 0.717) is 11.4 Å². The average molecular weight is 333 g/mol. The lowest BCUT2D eigenvalue weighted by Gasteiger charge is -2.04. The van der Waals surface area contributed by atoms with Gasteiger partial charge in [0.25, 0.3) is 0 Å². The number of hydrogen-bond donors (Lipinski definition) is 2. The number of nitrogens with one attached hydrogen (secondary N) is 2. The van der Waals surface area contributed by atoms with E-state index in [9.17, 15) is 9.59 Å². The highest BCUT2D eigenvalue weighted by Gasteiger charge is 2.12. The molecule has 25 heavy (non-hydrogen) atoms. The molecular weight excluding hydrogens is 318 g/mol. The molecule has 0 aliphatic rings. The molecule has 1 aromatic heterocycles. The first kappa shape index (κ1) is 16.3. The zero-order valence-electron chi connectivity index (χ0n) is 13.4. The van der Waals surface area contributed by atoms with Crippen LogP contribution in [0.15, 0.2) is 59.8 Å². The van der Waals surface area contributed by atoms with Gasteiger partial charge in [0.1, 0.15) is 5.69 Å². The van der Waals surface area contributed by atoms with Gasteiger partial charge in [-0.2, -0.15) is 5.10 Å². The quantitative estimate of drug-likeness (QED) is 0.435. The van der Waals surface area contributed by atoms with Gasteiger partial charge in [-0.3, -0.25) is 14.6 Å². The van der Waals surface area contributed by atoms with E-state index in [1.54, 1.807) is 12.1 Å². The van der Waals surface area contributed by atoms with Gasteiger partial charge >= 0.3 is 11.8 Å². The Morgan fingerprint density at radius 1 is 1.00 bits per heavy atom. The van der Waals surface area contributed by atoms with Crippen molar-refractivity contribution in [2.45, 2.75) is 6.92 Å². The second kappa shape index (κ2) is 7.31. The van der Waals surface area contributed by atoms with Crippen LogP contribution < -0.4 is 10.7 Å². The van der Waals surface area contributed by atoms with E-state index in [2.05, 4.69) is 25.8 Å². The lowest BCUT2D eigenvalue weighted by molar-refractivity contribution is -0.136. The van der Waals surface area contributed by atoms with Crippen molar-refractivity contribution in [1.29, 1.82) is 0 Å². The molecule has 0 aliphatic carbocycles. The molecule has 0 saturated carbocycles. The SMILES string of the molecule is Cc1ccc(NC(=O)C(=O)N/N=C\c2cnc3ccccc3n2)cc1. The minimum Gasteiger partial charge on any atom is -0.318 e. The average Bonchev–Trinajstić information content (AvgIpc) is 2.63. The van der Waals surface area contributed by atoms with Crippen molar-refractivity contribution in [3.8, 4) is 0 Å². The van der Waals surface area contributed by atoms with Gasteiger partial charge in [-0.05, 0) is 31.2 Å². The fraction of sp³-hybridized carbons (Fsp3) is 0.0556. The summed E-state index contributed by atoms with van der Waals surface area (Å²) in [6.07, 6.45) is 2.86. The second-order valence-electron chi connectivity index (χ2n) is 5.30. The lowest BCUT2D eigenvalue weighted by atomic mass is 10.2. The summed E-state index contributed by atoms with van der Waals surface area (Å²) >= 11 is 0. The molecule has 0 saturated heterocycles. The number of nitrogens with zero attached hydrogens (tertiary/aromatic N) is 3. The first-order valence-electron chi connectivity index (χ1n) is 7.55. The predicted molar refractivity (Wildman–Crippen MR) is 95.1 cm³/mol. The summed E-state index contributed by atoms with van der Waals surface area (Å²) in [7, 11) is 0. The molecule has 0 bridgehead atoms. The Labute approximate surface area is 143 Å². The Morgan fingerprint density at radius 2 is 1.72 bits per heavy atom. The predicted octanol–water partition coefficient (Wildman–Crippen LogP) is 2.03. The summed E-state index contributed by atoms with van der Waals surface area (Å²) in [6, 6.07) is 14.5. The summed E-state index contributed by atoms with van der Waals surface area (Å²) in [4.78, 5) is 32.1. The molecule has 0 radical (unpaired) electrons. The fourth-order valence-electron chi connectivity index (χ4n) is 2.07. The molecule has 2 amide bonds. The minimum absolute atomic E-state index is 0.470. The van der Waals surface area contributed by atoms with E-state index >= 15 is 0 Å². The van der Waals surface area contributed by atoms with Gasteiger partial charge in [0.15, 0.2) is 0 Å². The van der Waals surface area contributed by atoms with Crippen molar-refractivity contribution in [2.24, 2.45) is 5.10 Å². The Balaban J connectivity index is 1.59. The highest BCUT2D eigenvalue weighted by molar-refractivity contribution is 6.39. The van der Waals surface area contributed by atoms with E-state index < -0.39 is 11.8 Å². The summed E-state index contributed by atoms with van der Waals surface area (Å²) in [6.45, 7) is 1.93. The number of aryl methyl sites for hydroxylation is 1. The third-order valence-electron chi connectivity index (χ3n) is 3.35. The largest absolute Gasteiger partial charge is 0.329 e. The number of para-hydroxylation sites is 2. The topological polar surface area (TPSA) is 96.3 Å². The van der Waals surface area contributed by atoms with Crippen molar-refractivity contribution in [1.82, 2.24) is 15.4 Å². The van der Waals surface area contributed by atoms with E-state index in [0.717, 1.165) is 16.6 Å². The van der Waals surface area contributed by atoms with Crippen LogP contribution in [0.3, 0.4) is 0 Å². The van der Waals surface area contributed by atoms with E-state index in [1.807, 2.05) is 43.3 Å². The number of hydrazone groups is 1. The van der Waals surface area contributed by atoms with Crippen LogP contribution in [0.5, 0.6) is 0 Å². The van der Waals surface area contributed by atoms with Crippen LogP contribution >= 0.6 is 0 Å². The van der Waals surface area contributed by atoms with Crippen molar-refractivity contribution >= 4 is 34.7 Å². The molecule has 3 aromatic rings. The zero-order chi connectivity index (χ0) is 17.6. The Morgan fingerprint density at radius 3 is 2.48 bits per heavy atom. The lowest BCUT2D eigenvalue weighted by Crippen LogP contribution is -2.32. The maximum atomic E-state index is 11.8. The molecule has 2 N–H and O–H groups in total.